The molecule has 0 fully saturated rings. The van der Waals surface area contributed by atoms with Crippen LogP contribution in [0.5, 0.6) is 0 Å². The smallest absolute Gasteiger partial charge is 0.436 e. The van der Waals surface area contributed by atoms with E-state index in [1.165, 1.54) is 24.3 Å². The number of carbonyl (C=O) groups excluding carboxylic acids is 3. The van der Waals surface area contributed by atoms with Crippen LogP contribution in [-0.4, -0.2) is 46.7 Å². The lowest BCUT2D eigenvalue weighted by molar-refractivity contribution is -0.115. The molecule has 11 nitrogen and oxygen atoms in total. The summed E-state index contributed by atoms with van der Waals surface area (Å²) in [5, 5.41) is 7.48. The number of amides is 3. The predicted molar refractivity (Wildman–Crippen MR) is 126 cm³/mol. The molecule has 0 bridgehead atoms. The molecule has 0 aliphatic carbocycles. The number of guanidine groups is 1. The SMILES string of the molecule is CCC(=O)Nc1cc(S(=O)(=O)c2ccc(C)c(C)c2)ccc1NC(=NC(=O)OC)NC(=O)OC. The van der Waals surface area contributed by atoms with Gasteiger partial charge in [-0.25, -0.2) is 18.0 Å². The minimum Gasteiger partial charge on any atom is -0.453 e. The van der Waals surface area contributed by atoms with Crippen molar-refractivity contribution < 1.29 is 32.3 Å². The standard InChI is InChI=1S/C22H26N4O7S/c1-6-19(27)23-18-12-16(34(30,31)15-8-7-13(2)14(3)11-15)9-10-17(18)24-20(25-21(28)32-4)26-22(29)33-5/h7-12H,6H2,1-5H3,(H,23,27)(H2,24,25,26,28,29). The summed E-state index contributed by atoms with van der Waals surface area (Å²) < 4.78 is 35.4. The van der Waals surface area contributed by atoms with E-state index in [4.69, 9.17) is 0 Å². The van der Waals surface area contributed by atoms with E-state index in [-0.39, 0.29) is 33.5 Å². The molecular weight excluding hydrogens is 464 g/mol. The Morgan fingerprint density at radius 3 is 2.12 bits per heavy atom. The first-order valence-electron chi connectivity index (χ1n) is 10.1. The van der Waals surface area contributed by atoms with Gasteiger partial charge < -0.3 is 20.1 Å². The van der Waals surface area contributed by atoms with E-state index in [0.717, 1.165) is 25.3 Å². The molecule has 0 unspecified atom stereocenters. The van der Waals surface area contributed by atoms with Crippen molar-refractivity contribution in [3.8, 4) is 0 Å². The van der Waals surface area contributed by atoms with Crippen LogP contribution in [0, 0.1) is 13.8 Å². The van der Waals surface area contributed by atoms with Crippen LogP contribution in [-0.2, 0) is 24.1 Å². The van der Waals surface area contributed by atoms with Gasteiger partial charge in [-0.05, 0) is 55.3 Å². The largest absolute Gasteiger partial charge is 0.453 e. The third-order valence-corrected chi connectivity index (χ3v) is 6.47. The number of sulfone groups is 1. The first-order valence-corrected chi connectivity index (χ1v) is 11.5. The van der Waals surface area contributed by atoms with Gasteiger partial charge in [0.1, 0.15) is 0 Å². The number of aliphatic imine (C=N–C) groups is 1. The summed E-state index contributed by atoms with van der Waals surface area (Å²) in [5.41, 5.74) is 2.00. The van der Waals surface area contributed by atoms with E-state index < -0.39 is 27.9 Å². The molecule has 0 atom stereocenters. The van der Waals surface area contributed by atoms with E-state index in [0.29, 0.717) is 0 Å². The second-order valence-corrected chi connectivity index (χ2v) is 8.98. The van der Waals surface area contributed by atoms with Crippen molar-refractivity contribution in [1.29, 1.82) is 0 Å². The number of nitrogens with zero attached hydrogens (tertiary/aromatic N) is 1. The van der Waals surface area contributed by atoms with Gasteiger partial charge in [0.05, 0.1) is 35.4 Å². The van der Waals surface area contributed by atoms with Crippen LogP contribution in [0.3, 0.4) is 0 Å². The van der Waals surface area contributed by atoms with E-state index in [1.807, 2.05) is 13.8 Å². The minimum absolute atomic E-state index is 0.0694. The van der Waals surface area contributed by atoms with Crippen molar-refractivity contribution in [3.63, 3.8) is 0 Å². The lowest BCUT2D eigenvalue weighted by Gasteiger charge is -2.16. The van der Waals surface area contributed by atoms with Crippen molar-refractivity contribution in [2.24, 2.45) is 4.99 Å². The highest BCUT2D eigenvalue weighted by molar-refractivity contribution is 7.91. The number of rotatable bonds is 5. The normalized spacial score (nSPS) is 11.4. The van der Waals surface area contributed by atoms with Gasteiger partial charge in [0.15, 0.2) is 0 Å². The van der Waals surface area contributed by atoms with Gasteiger partial charge in [0.2, 0.25) is 21.7 Å². The van der Waals surface area contributed by atoms with Gasteiger partial charge in [-0.3, -0.25) is 10.1 Å². The second kappa shape index (κ2) is 11.3. The van der Waals surface area contributed by atoms with Crippen LogP contribution in [0.15, 0.2) is 51.2 Å². The minimum atomic E-state index is -3.91. The number of benzene rings is 2. The maximum atomic E-state index is 13.2. The van der Waals surface area contributed by atoms with Gasteiger partial charge in [-0.15, -0.1) is 4.99 Å². The maximum Gasteiger partial charge on any atom is 0.436 e. The Kier molecular flexibility index (Phi) is 8.73. The number of hydrogen-bond acceptors (Lipinski definition) is 7. The van der Waals surface area contributed by atoms with Crippen molar-refractivity contribution >= 4 is 45.3 Å². The van der Waals surface area contributed by atoms with Gasteiger partial charge in [0, 0.05) is 6.42 Å². The van der Waals surface area contributed by atoms with Crippen LogP contribution in [0.25, 0.3) is 0 Å². The summed E-state index contributed by atoms with van der Waals surface area (Å²) in [6.07, 6.45) is -1.83. The van der Waals surface area contributed by atoms with Gasteiger partial charge in [0.25, 0.3) is 0 Å². The molecule has 182 valence electrons. The number of carbonyl (C=O) groups is 3. The van der Waals surface area contributed by atoms with Crippen LogP contribution in [0.2, 0.25) is 0 Å². The highest BCUT2D eigenvalue weighted by atomic mass is 32.2. The molecule has 0 saturated carbocycles. The molecule has 2 rings (SSSR count). The molecule has 0 heterocycles. The number of hydrogen-bond donors (Lipinski definition) is 3. The molecule has 2 aromatic rings. The number of ether oxygens (including phenoxy) is 2. The Labute approximate surface area is 197 Å². The lowest BCUT2D eigenvalue weighted by Crippen LogP contribution is -2.36. The monoisotopic (exact) mass is 490 g/mol. The quantitative estimate of drug-likeness (QED) is 0.426. The first kappa shape index (κ1) is 26.3. The molecule has 34 heavy (non-hydrogen) atoms. The van der Waals surface area contributed by atoms with Crippen molar-refractivity contribution in [1.82, 2.24) is 5.32 Å². The van der Waals surface area contributed by atoms with E-state index in [1.54, 1.807) is 19.1 Å². The zero-order chi connectivity index (χ0) is 25.5. The van der Waals surface area contributed by atoms with Crippen molar-refractivity contribution in [2.45, 2.75) is 37.0 Å². The number of nitrogens with one attached hydrogen (secondary N) is 3. The Balaban J connectivity index is 2.55. The number of anilines is 2. The highest BCUT2D eigenvalue weighted by Gasteiger charge is 2.21. The molecule has 0 radical (unpaired) electrons. The zero-order valence-corrected chi connectivity index (χ0v) is 20.2. The topological polar surface area (TPSA) is 152 Å². The first-order chi connectivity index (χ1) is 16.0. The second-order valence-electron chi connectivity index (χ2n) is 7.03. The molecule has 0 aliphatic heterocycles. The number of methoxy groups -OCH3 is 2. The summed E-state index contributed by atoms with van der Waals surface area (Å²) in [6.45, 7) is 5.31. The third kappa shape index (κ3) is 6.54. The lowest BCUT2D eigenvalue weighted by atomic mass is 10.1. The molecule has 0 saturated heterocycles. The fourth-order valence-electron chi connectivity index (χ4n) is 2.66. The van der Waals surface area contributed by atoms with Gasteiger partial charge >= 0.3 is 12.2 Å². The number of aryl methyl sites for hydroxylation is 2. The van der Waals surface area contributed by atoms with Crippen molar-refractivity contribution in [3.05, 3.63) is 47.5 Å². The van der Waals surface area contributed by atoms with Crippen LogP contribution >= 0.6 is 0 Å². The summed E-state index contributed by atoms with van der Waals surface area (Å²) >= 11 is 0. The fourth-order valence-corrected chi connectivity index (χ4v) is 4.03. The van der Waals surface area contributed by atoms with Crippen molar-refractivity contribution in [2.75, 3.05) is 24.9 Å². The third-order valence-electron chi connectivity index (χ3n) is 4.72. The summed E-state index contributed by atoms with van der Waals surface area (Å²) in [7, 11) is -1.69. The van der Waals surface area contributed by atoms with E-state index in [2.05, 4.69) is 30.4 Å². The molecule has 0 spiro atoms. The predicted octanol–water partition coefficient (Wildman–Crippen LogP) is 3.38. The van der Waals surface area contributed by atoms with Crippen LogP contribution < -0.4 is 16.0 Å². The average molecular weight is 491 g/mol. The molecular formula is C22H26N4O7S. The average Bonchev–Trinajstić information content (AvgIpc) is 2.81. The molecule has 0 aromatic heterocycles. The van der Waals surface area contributed by atoms with Gasteiger partial charge in [-0.2, -0.15) is 0 Å². The molecule has 2 aromatic carbocycles. The zero-order valence-electron chi connectivity index (χ0n) is 19.4. The summed E-state index contributed by atoms with van der Waals surface area (Å²) in [6, 6.07) is 8.76. The van der Waals surface area contributed by atoms with E-state index in [9.17, 15) is 22.8 Å². The summed E-state index contributed by atoms with van der Waals surface area (Å²) in [5.74, 6) is -0.758. The maximum absolute atomic E-state index is 13.2. The van der Waals surface area contributed by atoms with E-state index >= 15 is 0 Å². The Hall–Kier alpha value is -3.93. The molecule has 12 heteroatoms. The molecule has 3 N–H and O–H groups in total. The Bertz CT molecular complexity index is 1240. The Morgan fingerprint density at radius 1 is 0.882 bits per heavy atom. The Morgan fingerprint density at radius 2 is 1.53 bits per heavy atom. The highest BCUT2D eigenvalue weighted by Crippen LogP contribution is 2.30. The summed E-state index contributed by atoms with van der Waals surface area (Å²) in [4.78, 5) is 38.9. The molecule has 0 aliphatic rings. The van der Waals surface area contributed by atoms with Crippen LogP contribution in [0.1, 0.15) is 24.5 Å². The van der Waals surface area contributed by atoms with Crippen LogP contribution in [0.4, 0.5) is 21.0 Å². The molecule has 3 amide bonds. The van der Waals surface area contributed by atoms with Gasteiger partial charge in [-0.1, -0.05) is 13.0 Å². The fraction of sp³-hybridized carbons (Fsp3) is 0.273. The number of alkyl carbamates (subject to hydrolysis) is 1.